The Morgan fingerprint density at radius 3 is 2.85 bits per heavy atom. The average Bonchev–Trinajstić information content (AvgIpc) is 2.82. The number of nitrogens with zero attached hydrogens (tertiary/aromatic N) is 2. The smallest absolute Gasteiger partial charge is 0.303 e. The molecule has 1 N–H and O–H groups in total. The number of carbonyl (C=O) groups is 1. The number of rotatable bonds is 12. The zero-order chi connectivity index (χ0) is 23.9. The van der Waals surface area contributed by atoms with Crippen LogP contribution in [-0.4, -0.2) is 58.7 Å². The molecule has 0 amide bonds. The van der Waals surface area contributed by atoms with E-state index in [0.717, 1.165) is 54.4 Å². The summed E-state index contributed by atoms with van der Waals surface area (Å²) in [6.07, 6.45) is 7.82. The number of ether oxygens (including phenoxy) is 1. The molecular formula is C27H37FN2O3S. The van der Waals surface area contributed by atoms with E-state index in [1.807, 2.05) is 18.2 Å². The van der Waals surface area contributed by atoms with E-state index in [4.69, 9.17) is 4.74 Å². The van der Waals surface area contributed by atoms with Crippen LogP contribution in [0.2, 0.25) is 0 Å². The van der Waals surface area contributed by atoms with Crippen molar-refractivity contribution in [3.05, 3.63) is 36.0 Å². The van der Waals surface area contributed by atoms with Crippen molar-refractivity contribution in [1.82, 2.24) is 9.88 Å². The first-order chi connectivity index (χ1) is 16.5. The topological polar surface area (TPSA) is 62.7 Å². The zero-order valence-corrected chi connectivity index (χ0v) is 20.9. The molecule has 7 heteroatoms. The molecule has 34 heavy (non-hydrogen) atoms. The minimum absolute atomic E-state index is 0.194. The Hall–Kier alpha value is -1.86. The van der Waals surface area contributed by atoms with Crippen LogP contribution in [0.25, 0.3) is 10.9 Å². The number of piperidine rings is 1. The number of thioether (sulfide) groups is 1. The third kappa shape index (κ3) is 6.63. The summed E-state index contributed by atoms with van der Waals surface area (Å²) in [4.78, 5) is 18.1. The number of carboxylic acid groups (broad SMARTS) is 1. The monoisotopic (exact) mass is 488 g/mol. The van der Waals surface area contributed by atoms with E-state index in [2.05, 4.69) is 21.6 Å². The molecule has 5 nitrogen and oxygen atoms in total. The molecule has 1 aromatic heterocycles. The zero-order valence-electron chi connectivity index (χ0n) is 20.1. The number of benzene rings is 1. The van der Waals surface area contributed by atoms with Gasteiger partial charge in [0.05, 0.1) is 12.6 Å². The van der Waals surface area contributed by atoms with Crippen molar-refractivity contribution < 1.29 is 19.0 Å². The molecule has 0 radical (unpaired) electrons. The van der Waals surface area contributed by atoms with Gasteiger partial charge < -0.3 is 14.7 Å². The molecule has 2 fully saturated rings. The van der Waals surface area contributed by atoms with Gasteiger partial charge in [-0.1, -0.05) is 6.42 Å². The maximum absolute atomic E-state index is 15.5. The van der Waals surface area contributed by atoms with Crippen molar-refractivity contribution in [2.45, 2.75) is 62.8 Å². The van der Waals surface area contributed by atoms with Crippen LogP contribution in [-0.2, 0) is 4.79 Å². The lowest BCUT2D eigenvalue weighted by molar-refractivity contribution is -0.137. The molecule has 4 rings (SSSR count). The molecule has 0 bridgehead atoms. The van der Waals surface area contributed by atoms with Gasteiger partial charge in [-0.25, -0.2) is 4.39 Å². The van der Waals surface area contributed by atoms with Crippen LogP contribution in [0.3, 0.4) is 0 Å². The summed E-state index contributed by atoms with van der Waals surface area (Å²) in [5.74, 6) is 1.81. The van der Waals surface area contributed by atoms with E-state index in [-0.39, 0.29) is 6.42 Å². The summed E-state index contributed by atoms with van der Waals surface area (Å²) in [5.41, 5.74) is 1.44. The summed E-state index contributed by atoms with van der Waals surface area (Å²) >= 11 is 2.09. The Kier molecular flexibility index (Phi) is 9.06. The first-order valence-electron chi connectivity index (χ1n) is 12.7. The van der Waals surface area contributed by atoms with Crippen LogP contribution >= 0.6 is 11.8 Å². The number of halogens is 1. The van der Waals surface area contributed by atoms with E-state index in [1.165, 1.54) is 19.3 Å². The van der Waals surface area contributed by atoms with Crippen LogP contribution in [0.5, 0.6) is 5.75 Å². The number of pyridine rings is 1. The summed E-state index contributed by atoms with van der Waals surface area (Å²) in [6.45, 7) is 3.05. The number of alkyl halides is 1. The van der Waals surface area contributed by atoms with Crippen molar-refractivity contribution in [3.8, 4) is 5.75 Å². The van der Waals surface area contributed by atoms with Gasteiger partial charge in [-0.2, -0.15) is 11.8 Å². The van der Waals surface area contributed by atoms with E-state index in [9.17, 15) is 9.90 Å². The molecule has 186 valence electrons. The van der Waals surface area contributed by atoms with Gasteiger partial charge in [0.1, 0.15) is 11.9 Å². The normalized spacial score (nSPS) is 22.4. The minimum Gasteiger partial charge on any atom is -0.497 e. The van der Waals surface area contributed by atoms with Crippen LogP contribution in [0.15, 0.2) is 30.5 Å². The highest BCUT2D eigenvalue weighted by Crippen LogP contribution is 2.37. The Labute approximate surface area is 206 Å². The van der Waals surface area contributed by atoms with Gasteiger partial charge in [0.15, 0.2) is 0 Å². The Balaban J connectivity index is 1.35. The van der Waals surface area contributed by atoms with Gasteiger partial charge in [0, 0.05) is 42.1 Å². The van der Waals surface area contributed by atoms with E-state index < -0.39 is 12.1 Å². The molecule has 0 unspecified atom stereocenters. The predicted octanol–water partition coefficient (Wildman–Crippen LogP) is 6.12. The fraction of sp³-hybridized carbons (Fsp3) is 0.630. The number of hydrogen-bond donors (Lipinski definition) is 1. The van der Waals surface area contributed by atoms with Crippen LogP contribution < -0.4 is 4.74 Å². The van der Waals surface area contributed by atoms with E-state index in [1.54, 1.807) is 19.4 Å². The lowest BCUT2D eigenvalue weighted by Crippen LogP contribution is -2.42. The van der Waals surface area contributed by atoms with Gasteiger partial charge in [-0.3, -0.25) is 9.78 Å². The average molecular weight is 489 g/mol. The van der Waals surface area contributed by atoms with Gasteiger partial charge >= 0.3 is 5.97 Å². The standard InChI is InChI=1S/C27H37FN2O3S/c1-33-21-7-9-26-24(17-21)23(11-13-29-26)25(28)8-5-19-12-14-30(15-16-34-22-3-2-4-22)18-20(19)6-10-27(31)32/h7,9,11,13,17,19-20,22,25H,2-6,8,10,12,14-16,18H2,1H3,(H,31,32)/t19-,20-,25-/m1/s1. The van der Waals surface area contributed by atoms with E-state index in [0.29, 0.717) is 36.0 Å². The molecule has 1 aromatic carbocycles. The fourth-order valence-electron chi connectivity index (χ4n) is 5.32. The molecule has 1 saturated carbocycles. The summed E-state index contributed by atoms with van der Waals surface area (Å²) in [7, 11) is 1.61. The van der Waals surface area contributed by atoms with Crippen molar-refractivity contribution in [3.63, 3.8) is 0 Å². The van der Waals surface area contributed by atoms with Gasteiger partial charge in [-0.15, -0.1) is 0 Å². The molecule has 0 spiro atoms. The largest absolute Gasteiger partial charge is 0.497 e. The molecule has 1 aliphatic carbocycles. The Bertz CT molecular complexity index is 955. The number of carboxylic acids is 1. The second-order valence-corrected chi connectivity index (χ2v) is 11.2. The molecular weight excluding hydrogens is 451 g/mol. The Morgan fingerprint density at radius 2 is 2.12 bits per heavy atom. The molecule has 1 saturated heterocycles. The predicted molar refractivity (Wildman–Crippen MR) is 136 cm³/mol. The third-order valence-electron chi connectivity index (χ3n) is 7.63. The maximum atomic E-state index is 15.5. The van der Waals surface area contributed by atoms with Crippen LogP contribution in [0.4, 0.5) is 4.39 Å². The van der Waals surface area contributed by atoms with E-state index >= 15 is 4.39 Å². The Morgan fingerprint density at radius 1 is 1.26 bits per heavy atom. The number of aliphatic carboxylic acids is 1. The first-order valence-corrected chi connectivity index (χ1v) is 13.7. The van der Waals surface area contributed by atoms with Crippen molar-refractivity contribution in [1.29, 1.82) is 0 Å². The summed E-state index contributed by atoms with van der Waals surface area (Å²) < 4.78 is 20.8. The molecule has 1 aliphatic heterocycles. The molecule has 2 heterocycles. The van der Waals surface area contributed by atoms with Crippen LogP contribution in [0.1, 0.15) is 63.1 Å². The van der Waals surface area contributed by atoms with Crippen molar-refractivity contribution >= 4 is 28.6 Å². The lowest BCUT2D eigenvalue weighted by atomic mass is 9.79. The van der Waals surface area contributed by atoms with Crippen LogP contribution in [0, 0.1) is 11.8 Å². The summed E-state index contributed by atoms with van der Waals surface area (Å²) in [5, 5.41) is 10.9. The molecule has 2 aliphatic rings. The first kappa shape index (κ1) is 25.2. The second-order valence-electron chi connectivity index (χ2n) is 9.79. The minimum atomic E-state index is -1.07. The van der Waals surface area contributed by atoms with Crippen molar-refractivity contribution in [2.75, 3.05) is 32.5 Å². The third-order valence-corrected chi connectivity index (χ3v) is 8.99. The second kappa shape index (κ2) is 12.2. The molecule has 2 aromatic rings. The number of aromatic nitrogens is 1. The number of hydrogen-bond acceptors (Lipinski definition) is 5. The number of likely N-dealkylation sites (tertiary alicyclic amines) is 1. The SMILES string of the molecule is COc1ccc2nccc([C@H](F)CC[C@@H]3CCN(CCSC4CCC4)C[C@H]3CCC(=O)O)c2c1. The molecule has 3 atom stereocenters. The lowest BCUT2D eigenvalue weighted by Gasteiger charge is -2.39. The number of methoxy groups -OCH3 is 1. The highest BCUT2D eigenvalue weighted by Gasteiger charge is 2.30. The van der Waals surface area contributed by atoms with Gasteiger partial charge in [-0.05, 0) is 86.7 Å². The van der Waals surface area contributed by atoms with Gasteiger partial charge in [0.25, 0.3) is 0 Å². The quantitative estimate of drug-likeness (QED) is 0.388. The summed E-state index contributed by atoms with van der Waals surface area (Å²) in [6, 6.07) is 7.35. The van der Waals surface area contributed by atoms with Gasteiger partial charge in [0.2, 0.25) is 0 Å². The highest BCUT2D eigenvalue weighted by atomic mass is 32.2. The fourth-order valence-corrected chi connectivity index (χ4v) is 6.69. The highest BCUT2D eigenvalue weighted by molar-refractivity contribution is 7.99. The number of fused-ring (bicyclic) bond motifs is 1. The maximum Gasteiger partial charge on any atom is 0.303 e. The van der Waals surface area contributed by atoms with Crippen molar-refractivity contribution in [2.24, 2.45) is 11.8 Å².